The first-order chi connectivity index (χ1) is 13.3. The first kappa shape index (κ1) is 21.3. The zero-order chi connectivity index (χ0) is 20.4. The lowest BCUT2D eigenvalue weighted by Gasteiger charge is -2.41. The van der Waals surface area contributed by atoms with Crippen molar-refractivity contribution >= 4 is 16.0 Å². The second-order valence-electron chi connectivity index (χ2n) is 7.75. The van der Waals surface area contributed by atoms with Gasteiger partial charge in [-0.25, -0.2) is 8.42 Å². The van der Waals surface area contributed by atoms with Crippen molar-refractivity contribution in [2.24, 2.45) is 5.41 Å². The van der Waals surface area contributed by atoms with Gasteiger partial charge in [-0.2, -0.15) is 4.31 Å². The largest absolute Gasteiger partial charge is 0.466 e. The maximum Gasteiger partial charge on any atom is 0.312 e. The van der Waals surface area contributed by atoms with E-state index in [0.717, 1.165) is 25.9 Å². The van der Waals surface area contributed by atoms with Crippen molar-refractivity contribution in [1.29, 1.82) is 0 Å². The number of aryl methyl sites for hydroxylation is 2. The van der Waals surface area contributed by atoms with Crippen molar-refractivity contribution in [2.45, 2.75) is 70.3 Å². The number of sulfonamides is 1. The van der Waals surface area contributed by atoms with Gasteiger partial charge in [0, 0.05) is 19.7 Å². The van der Waals surface area contributed by atoms with Gasteiger partial charge in [0.2, 0.25) is 10.0 Å². The summed E-state index contributed by atoms with van der Waals surface area (Å²) in [6.45, 7) is 6.57. The number of ether oxygens (including phenoxy) is 2. The standard InChI is InChI=1S/C19H30N2O6S/c1-4-25-18(22)19(13-16-7-5-6-12-26-16)8-10-21(11-9-19)28(23,24)17-14(2)20-27-15(17)3/h16H,4-13H2,1-3H3/t16-/m0/s1. The Morgan fingerprint density at radius 1 is 1.29 bits per heavy atom. The molecule has 0 spiro atoms. The molecule has 0 bridgehead atoms. The number of rotatable bonds is 6. The highest BCUT2D eigenvalue weighted by molar-refractivity contribution is 7.89. The Morgan fingerprint density at radius 2 is 2.00 bits per heavy atom. The van der Waals surface area contributed by atoms with Crippen LogP contribution >= 0.6 is 0 Å². The third-order valence-corrected chi connectivity index (χ3v) is 7.99. The van der Waals surface area contributed by atoms with Gasteiger partial charge in [-0.1, -0.05) is 5.16 Å². The minimum absolute atomic E-state index is 0.0314. The first-order valence-electron chi connectivity index (χ1n) is 10.0. The van der Waals surface area contributed by atoms with Gasteiger partial charge in [0.05, 0.1) is 18.1 Å². The van der Waals surface area contributed by atoms with E-state index in [1.165, 1.54) is 4.31 Å². The van der Waals surface area contributed by atoms with Crippen molar-refractivity contribution in [3.63, 3.8) is 0 Å². The molecule has 2 fully saturated rings. The normalized spacial score (nSPS) is 23.5. The highest BCUT2D eigenvalue weighted by Crippen LogP contribution is 2.41. The summed E-state index contributed by atoms with van der Waals surface area (Å²) in [7, 11) is -3.71. The van der Waals surface area contributed by atoms with Crippen LogP contribution in [0, 0.1) is 19.3 Å². The lowest BCUT2D eigenvalue weighted by molar-refractivity contribution is -0.162. The summed E-state index contributed by atoms with van der Waals surface area (Å²) < 4.78 is 43.8. The molecular formula is C19H30N2O6S. The van der Waals surface area contributed by atoms with E-state index in [-0.39, 0.29) is 35.8 Å². The van der Waals surface area contributed by atoms with Crippen molar-refractivity contribution in [3.8, 4) is 0 Å². The van der Waals surface area contributed by atoms with E-state index in [1.54, 1.807) is 20.8 Å². The van der Waals surface area contributed by atoms with Crippen molar-refractivity contribution in [1.82, 2.24) is 9.46 Å². The van der Waals surface area contributed by atoms with E-state index < -0.39 is 15.4 Å². The summed E-state index contributed by atoms with van der Waals surface area (Å²) in [6.07, 6.45) is 4.54. The van der Waals surface area contributed by atoms with Crippen LogP contribution in [0.15, 0.2) is 9.42 Å². The maximum absolute atomic E-state index is 13.1. The van der Waals surface area contributed by atoms with Gasteiger partial charge in [-0.3, -0.25) is 4.79 Å². The number of hydrogen-bond donors (Lipinski definition) is 0. The van der Waals surface area contributed by atoms with E-state index in [1.807, 2.05) is 0 Å². The molecule has 0 N–H and O–H groups in total. The predicted octanol–water partition coefficient (Wildman–Crippen LogP) is 2.58. The zero-order valence-electron chi connectivity index (χ0n) is 16.9. The molecule has 0 aromatic carbocycles. The Hall–Kier alpha value is -1.45. The summed E-state index contributed by atoms with van der Waals surface area (Å²) >= 11 is 0. The fourth-order valence-corrected chi connectivity index (χ4v) is 6.04. The molecule has 0 amide bonds. The Morgan fingerprint density at radius 3 is 2.54 bits per heavy atom. The first-order valence-corrected chi connectivity index (χ1v) is 11.5. The second kappa shape index (κ2) is 8.51. The van der Waals surface area contributed by atoms with Gasteiger partial charge < -0.3 is 14.0 Å². The molecule has 158 valence electrons. The molecule has 3 heterocycles. The SMILES string of the molecule is CCOC(=O)C1(C[C@@H]2CCCCO2)CCN(S(=O)(=O)c2c(C)noc2C)CC1. The highest BCUT2D eigenvalue weighted by atomic mass is 32.2. The van der Waals surface area contributed by atoms with E-state index in [9.17, 15) is 13.2 Å². The van der Waals surface area contributed by atoms with Crippen LogP contribution in [0.5, 0.6) is 0 Å². The van der Waals surface area contributed by atoms with Crippen LogP contribution in [-0.2, 0) is 24.3 Å². The molecule has 2 saturated heterocycles. The zero-order valence-corrected chi connectivity index (χ0v) is 17.7. The summed E-state index contributed by atoms with van der Waals surface area (Å²) in [5, 5.41) is 3.76. The minimum atomic E-state index is -3.71. The average Bonchev–Trinajstić information content (AvgIpc) is 3.02. The van der Waals surface area contributed by atoms with Gasteiger partial charge in [-0.15, -0.1) is 0 Å². The van der Waals surface area contributed by atoms with E-state index in [2.05, 4.69) is 5.16 Å². The molecule has 8 nitrogen and oxygen atoms in total. The number of esters is 1. The predicted molar refractivity (Wildman–Crippen MR) is 101 cm³/mol. The lowest BCUT2D eigenvalue weighted by Crippen LogP contribution is -2.49. The van der Waals surface area contributed by atoms with Crippen molar-refractivity contribution in [3.05, 3.63) is 11.5 Å². The number of aromatic nitrogens is 1. The highest BCUT2D eigenvalue weighted by Gasteiger charge is 2.47. The second-order valence-corrected chi connectivity index (χ2v) is 9.63. The lowest BCUT2D eigenvalue weighted by atomic mass is 9.73. The van der Waals surface area contributed by atoms with Crippen LogP contribution < -0.4 is 0 Å². The van der Waals surface area contributed by atoms with Crippen molar-refractivity contribution in [2.75, 3.05) is 26.3 Å². The van der Waals surface area contributed by atoms with E-state index in [0.29, 0.717) is 31.6 Å². The minimum Gasteiger partial charge on any atom is -0.466 e. The molecule has 2 aliphatic heterocycles. The van der Waals surface area contributed by atoms with E-state index >= 15 is 0 Å². The van der Waals surface area contributed by atoms with Gasteiger partial charge in [0.25, 0.3) is 0 Å². The smallest absolute Gasteiger partial charge is 0.312 e. The van der Waals surface area contributed by atoms with Crippen LogP contribution in [0.25, 0.3) is 0 Å². The Bertz CT molecular complexity index is 770. The summed E-state index contributed by atoms with van der Waals surface area (Å²) in [5.41, 5.74) is -0.335. The summed E-state index contributed by atoms with van der Waals surface area (Å²) in [5.74, 6) is 0.0499. The molecule has 1 atom stereocenters. The van der Waals surface area contributed by atoms with Crippen LogP contribution in [-0.4, -0.2) is 56.3 Å². The van der Waals surface area contributed by atoms with Gasteiger partial charge in [0.1, 0.15) is 10.6 Å². The number of hydrogen-bond acceptors (Lipinski definition) is 7. The molecule has 3 rings (SSSR count). The van der Waals surface area contributed by atoms with Crippen LogP contribution in [0.3, 0.4) is 0 Å². The molecular weight excluding hydrogens is 384 g/mol. The number of carbonyl (C=O) groups excluding carboxylic acids is 1. The topological polar surface area (TPSA) is 98.9 Å². The molecule has 9 heteroatoms. The monoisotopic (exact) mass is 414 g/mol. The van der Waals surface area contributed by atoms with Gasteiger partial charge >= 0.3 is 5.97 Å². The maximum atomic E-state index is 13.1. The number of nitrogens with zero attached hydrogens (tertiary/aromatic N) is 2. The number of carbonyl (C=O) groups is 1. The fraction of sp³-hybridized carbons (Fsp3) is 0.789. The Labute approximate surface area is 166 Å². The average molecular weight is 415 g/mol. The molecule has 2 aliphatic rings. The van der Waals surface area contributed by atoms with Crippen LogP contribution in [0.1, 0.15) is 56.9 Å². The molecule has 1 aromatic rings. The fourth-order valence-electron chi connectivity index (χ4n) is 4.31. The third kappa shape index (κ3) is 4.11. The molecule has 28 heavy (non-hydrogen) atoms. The molecule has 0 saturated carbocycles. The van der Waals surface area contributed by atoms with Crippen molar-refractivity contribution < 1.29 is 27.2 Å². The molecule has 0 radical (unpaired) electrons. The van der Waals surface area contributed by atoms with Gasteiger partial charge in [0.15, 0.2) is 5.76 Å². The van der Waals surface area contributed by atoms with Gasteiger partial charge in [-0.05, 0) is 59.3 Å². The molecule has 0 unspecified atom stereocenters. The third-order valence-electron chi connectivity index (χ3n) is 5.85. The van der Waals surface area contributed by atoms with Crippen LogP contribution in [0.4, 0.5) is 0 Å². The summed E-state index contributed by atoms with van der Waals surface area (Å²) in [4.78, 5) is 12.9. The quantitative estimate of drug-likeness (QED) is 0.660. The van der Waals surface area contributed by atoms with Crippen LogP contribution in [0.2, 0.25) is 0 Å². The summed E-state index contributed by atoms with van der Waals surface area (Å²) in [6, 6.07) is 0. The van der Waals surface area contributed by atoms with E-state index in [4.69, 9.17) is 14.0 Å². The number of piperidine rings is 1. The molecule has 1 aromatic heterocycles. The Kier molecular flexibility index (Phi) is 6.46. The molecule has 0 aliphatic carbocycles. The Balaban J connectivity index is 1.77.